The standard InChI is InChI=1S/C25H31FN6/c26-22-13-11-21(12-14-22)24(25-27-28-29-32(25)23-9-5-2-6-10-23)31-17-15-30(16-18-31)19-20-7-3-1-4-8-20/h1,3-4,7-8,11-14,23-24H,2,5-6,9-10,15-19H2. The van der Waals surface area contributed by atoms with Crippen LogP contribution >= 0.6 is 0 Å². The summed E-state index contributed by atoms with van der Waals surface area (Å²) >= 11 is 0. The molecule has 6 nitrogen and oxygen atoms in total. The molecule has 2 aliphatic rings. The van der Waals surface area contributed by atoms with Crippen LogP contribution in [0.2, 0.25) is 0 Å². The van der Waals surface area contributed by atoms with Crippen molar-refractivity contribution in [1.29, 1.82) is 0 Å². The number of halogens is 1. The van der Waals surface area contributed by atoms with Gasteiger partial charge in [-0.25, -0.2) is 9.07 Å². The first-order valence-electron chi connectivity index (χ1n) is 11.8. The van der Waals surface area contributed by atoms with Gasteiger partial charge < -0.3 is 0 Å². The largest absolute Gasteiger partial charge is 0.297 e. The van der Waals surface area contributed by atoms with E-state index in [9.17, 15) is 4.39 Å². The summed E-state index contributed by atoms with van der Waals surface area (Å²) in [6, 6.07) is 17.8. The Hall–Kier alpha value is -2.64. The molecule has 3 aromatic rings. The minimum absolute atomic E-state index is 0.0635. The van der Waals surface area contributed by atoms with E-state index >= 15 is 0 Å². The van der Waals surface area contributed by atoms with Crippen molar-refractivity contribution >= 4 is 0 Å². The van der Waals surface area contributed by atoms with Gasteiger partial charge in [-0.05, 0) is 46.5 Å². The van der Waals surface area contributed by atoms with Gasteiger partial charge in [0, 0.05) is 32.7 Å². The van der Waals surface area contributed by atoms with E-state index in [2.05, 4.69) is 60.3 Å². The van der Waals surface area contributed by atoms with Crippen molar-refractivity contribution in [2.75, 3.05) is 26.2 Å². The molecule has 1 atom stereocenters. The van der Waals surface area contributed by atoms with Gasteiger partial charge in [0.05, 0.1) is 12.1 Å². The summed E-state index contributed by atoms with van der Waals surface area (Å²) in [7, 11) is 0. The maximum atomic E-state index is 13.7. The summed E-state index contributed by atoms with van der Waals surface area (Å²) in [6.45, 7) is 4.78. The lowest BCUT2D eigenvalue weighted by Crippen LogP contribution is -2.48. The number of hydrogen-bond donors (Lipinski definition) is 0. The molecule has 0 N–H and O–H groups in total. The predicted molar refractivity (Wildman–Crippen MR) is 121 cm³/mol. The summed E-state index contributed by atoms with van der Waals surface area (Å²) in [5.74, 6) is 0.673. The third-order valence-electron chi connectivity index (χ3n) is 6.89. The molecule has 1 aliphatic carbocycles. The van der Waals surface area contributed by atoms with Crippen LogP contribution in [0.4, 0.5) is 4.39 Å². The minimum Gasteiger partial charge on any atom is -0.297 e. The molecule has 0 bridgehead atoms. The van der Waals surface area contributed by atoms with E-state index < -0.39 is 0 Å². The summed E-state index contributed by atoms with van der Waals surface area (Å²) in [5, 5.41) is 13.0. The molecule has 0 spiro atoms. The summed E-state index contributed by atoms with van der Waals surface area (Å²) in [6.07, 6.45) is 5.99. The molecule has 1 unspecified atom stereocenters. The number of tetrazole rings is 1. The van der Waals surface area contributed by atoms with Crippen molar-refractivity contribution in [3.05, 3.63) is 77.4 Å². The Kier molecular flexibility index (Phi) is 6.55. The van der Waals surface area contributed by atoms with E-state index in [1.165, 1.54) is 24.8 Å². The van der Waals surface area contributed by atoms with Crippen LogP contribution in [0, 0.1) is 5.82 Å². The fraction of sp³-hybridized carbons (Fsp3) is 0.480. The zero-order valence-electron chi connectivity index (χ0n) is 18.5. The van der Waals surface area contributed by atoms with Gasteiger partial charge in [0.15, 0.2) is 5.82 Å². The van der Waals surface area contributed by atoms with Gasteiger partial charge in [-0.15, -0.1) is 5.10 Å². The number of nitrogens with zero attached hydrogens (tertiary/aromatic N) is 6. The molecule has 2 heterocycles. The number of rotatable bonds is 6. The highest BCUT2D eigenvalue weighted by atomic mass is 19.1. The van der Waals surface area contributed by atoms with Gasteiger partial charge in [-0.2, -0.15) is 0 Å². The van der Waals surface area contributed by atoms with Gasteiger partial charge >= 0.3 is 0 Å². The third-order valence-corrected chi connectivity index (χ3v) is 6.89. The van der Waals surface area contributed by atoms with E-state index in [0.29, 0.717) is 6.04 Å². The monoisotopic (exact) mass is 434 g/mol. The number of piperazine rings is 1. The van der Waals surface area contributed by atoms with Gasteiger partial charge in [-0.1, -0.05) is 61.7 Å². The molecule has 1 saturated carbocycles. The Bertz CT molecular complexity index is 975. The number of hydrogen-bond acceptors (Lipinski definition) is 5. The highest BCUT2D eigenvalue weighted by molar-refractivity contribution is 5.26. The Morgan fingerprint density at radius 1 is 0.875 bits per heavy atom. The second kappa shape index (κ2) is 9.88. The van der Waals surface area contributed by atoms with E-state index in [1.807, 2.05) is 12.1 Å². The average Bonchev–Trinajstić information content (AvgIpc) is 3.32. The first-order valence-corrected chi connectivity index (χ1v) is 11.8. The van der Waals surface area contributed by atoms with Crippen LogP contribution in [0.15, 0.2) is 54.6 Å². The van der Waals surface area contributed by atoms with Crippen molar-refractivity contribution in [3.63, 3.8) is 0 Å². The second-order valence-electron chi connectivity index (χ2n) is 9.03. The van der Waals surface area contributed by atoms with Gasteiger partial charge in [0.2, 0.25) is 0 Å². The van der Waals surface area contributed by atoms with Crippen molar-refractivity contribution < 1.29 is 4.39 Å². The van der Waals surface area contributed by atoms with Crippen molar-refractivity contribution in [3.8, 4) is 0 Å². The Morgan fingerprint density at radius 3 is 2.31 bits per heavy atom. The molecule has 1 aromatic heterocycles. The van der Waals surface area contributed by atoms with E-state index in [-0.39, 0.29) is 11.9 Å². The summed E-state index contributed by atoms with van der Waals surface area (Å²) < 4.78 is 15.8. The zero-order valence-corrected chi connectivity index (χ0v) is 18.5. The van der Waals surface area contributed by atoms with Gasteiger partial charge in [-0.3, -0.25) is 9.80 Å². The highest BCUT2D eigenvalue weighted by Gasteiger charge is 2.32. The Morgan fingerprint density at radius 2 is 1.59 bits per heavy atom. The quantitative estimate of drug-likeness (QED) is 0.581. The molecule has 32 heavy (non-hydrogen) atoms. The van der Waals surface area contributed by atoms with Gasteiger partial charge in [0.25, 0.3) is 0 Å². The molecular weight excluding hydrogens is 403 g/mol. The molecule has 0 amide bonds. The molecule has 7 heteroatoms. The fourth-order valence-electron chi connectivity index (χ4n) is 5.16. The SMILES string of the molecule is Fc1ccc(C(c2nnnn2C2CCCCC2)N2CCN(Cc3ccccc3)CC2)cc1. The predicted octanol–water partition coefficient (Wildman–Crippen LogP) is 4.22. The maximum absolute atomic E-state index is 13.7. The maximum Gasteiger partial charge on any atom is 0.173 e. The van der Waals surface area contributed by atoms with Crippen LogP contribution in [0.3, 0.4) is 0 Å². The lowest BCUT2D eigenvalue weighted by Gasteiger charge is -2.39. The molecule has 2 fully saturated rings. The molecule has 2 aromatic carbocycles. The molecule has 1 aliphatic heterocycles. The zero-order chi connectivity index (χ0) is 21.8. The van der Waals surface area contributed by atoms with Gasteiger partial charge in [0.1, 0.15) is 5.82 Å². The molecule has 0 radical (unpaired) electrons. The lowest BCUT2D eigenvalue weighted by atomic mass is 9.95. The second-order valence-corrected chi connectivity index (χ2v) is 9.03. The number of benzene rings is 2. The van der Waals surface area contributed by atoms with Crippen LogP contribution in [-0.4, -0.2) is 56.2 Å². The van der Waals surface area contributed by atoms with Crippen LogP contribution < -0.4 is 0 Å². The van der Waals surface area contributed by atoms with Crippen LogP contribution in [0.5, 0.6) is 0 Å². The van der Waals surface area contributed by atoms with E-state index in [1.54, 1.807) is 12.1 Å². The van der Waals surface area contributed by atoms with Crippen molar-refractivity contribution in [2.24, 2.45) is 0 Å². The van der Waals surface area contributed by atoms with Crippen molar-refractivity contribution in [2.45, 2.75) is 50.7 Å². The first-order chi connectivity index (χ1) is 15.8. The smallest absolute Gasteiger partial charge is 0.173 e. The van der Waals surface area contributed by atoms with Crippen LogP contribution in [-0.2, 0) is 6.54 Å². The van der Waals surface area contributed by atoms with Crippen LogP contribution in [0.1, 0.15) is 61.1 Å². The van der Waals surface area contributed by atoms with E-state index in [4.69, 9.17) is 0 Å². The molecule has 168 valence electrons. The Balaban J connectivity index is 1.37. The Labute approximate surface area is 189 Å². The molecule has 5 rings (SSSR count). The highest BCUT2D eigenvalue weighted by Crippen LogP contribution is 2.33. The summed E-state index contributed by atoms with van der Waals surface area (Å²) in [5.41, 5.74) is 2.40. The lowest BCUT2D eigenvalue weighted by molar-refractivity contribution is 0.0986. The molecular formula is C25H31FN6. The third kappa shape index (κ3) is 4.74. The van der Waals surface area contributed by atoms with E-state index in [0.717, 1.165) is 57.0 Å². The van der Waals surface area contributed by atoms with Crippen LogP contribution in [0.25, 0.3) is 0 Å². The molecule has 1 saturated heterocycles. The topological polar surface area (TPSA) is 50.1 Å². The average molecular weight is 435 g/mol. The summed E-state index contributed by atoms with van der Waals surface area (Å²) in [4.78, 5) is 4.96. The number of aromatic nitrogens is 4. The minimum atomic E-state index is -0.216. The normalized spacial score (nSPS) is 19.8. The van der Waals surface area contributed by atoms with Crippen molar-refractivity contribution in [1.82, 2.24) is 30.0 Å². The first kappa shape index (κ1) is 21.2. The fourth-order valence-corrected chi connectivity index (χ4v) is 5.16.